The van der Waals surface area contributed by atoms with Crippen LogP contribution in [0.4, 0.5) is 0 Å². The van der Waals surface area contributed by atoms with Crippen LogP contribution in [0.2, 0.25) is 0 Å². The molecule has 3 rings (SSSR count). The molecule has 0 aliphatic rings. The Kier molecular flexibility index (Phi) is 5.14. The molecule has 128 valence electrons. The van der Waals surface area contributed by atoms with E-state index in [2.05, 4.69) is 17.5 Å². The predicted octanol–water partition coefficient (Wildman–Crippen LogP) is 4.29. The van der Waals surface area contributed by atoms with E-state index in [-0.39, 0.29) is 5.91 Å². The van der Waals surface area contributed by atoms with Crippen molar-refractivity contribution in [3.05, 3.63) is 65.6 Å². The largest absolute Gasteiger partial charge is 0.493 e. The molecular weight excluding hydrogens is 316 g/mol. The Labute approximate surface area is 146 Å². The van der Waals surface area contributed by atoms with Crippen molar-refractivity contribution >= 4 is 22.9 Å². The first-order valence-electron chi connectivity index (χ1n) is 8.22. The first-order chi connectivity index (χ1) is 12.2. The summed E-state index contributed by atoms with van der Waals surface area (Å²) in [5, 5.41) is 6.22. The van der Waals surface area contributed by atoms with Crippen LogP contribution in [-0.4, -0.2) is 18.7 Å². The molecule has 1 amide bonds. The Morgan fingerprint density at radius 3 is 2.84 bits per heavy atom. The minimum Gasteiger partial charge on any atom is -0.493 e. The second kappa shape index (κ2) is 7.66. The van der Waals surface area contributed by atoms with Crippen molar-refractivity contribution in [1.29, 1.82) is 0 Å². The van der Waals surface area contributed by atoms with Crippen LogP contribution >= 0.6 is 0 Å². The Morgan fingerprint density at radius 1 is 1.24 bits per heavy atom. The first kappa shape index (κ1) is 16.8. The van der Waals surface area contributed by atoms with Crippen molar-refractivity contribution < 1.29 is 13.9 Å². The number of aryl methyl sites for hydroxylation is 1. The fourth-order valence-electron chi connectivity index (χ4n) is 2.58. The van der Waals surface area contributed by atoms with Gasteiger partial charge in [0.05, 0.1) is 24.6 Å². The van der Waals surface area contributed by atoms with Crippen molar-refractivity contribution in [2.45, 2.75) is 20.3 Å². The van der Waals surface area contributed by atoms with E-state index in [1.165, 1.54) is 6.26 Å². The van der Waals surface area contributed by atoms with Crippen LogP contribution in [-0.2, 0) is 0 Å². The molecule has 2 aromatic carbocycles. The van der Waals surface area contributed by atoms with Crippen LogP contribution in [0.5, 0.6) is 5.75 Å². The smallest absolute Gasteiger partial charge is 0.274 e. The summed E-state index contributed by atoms with van der Waals surface area (Å²) in [5.74, 6) is 1.00. The van der Waals surface area contributed by atoms with Crippen LogP contribution < -0.4 is 10.2 Å². The highest BCUT2D eigenvalue weighted by molar-refractivity contribution is 6.03. The molecule has 0 atom stereocenters. The van der Waals surface area contributed by atoms with Crippen molar-refractivity contribution in [3.63, 3.8) is 0 Å². The van der Waals surface area contributed by atoms with Gasteiger partial charge in [-0.25, -0.2) is 5.43 Å². The van der Waals surface area contributed by atoms with Gasteiger partial charge in [-0.15, -0.1) is 0 Å². The van der Waals surface area contributed by atoms with Gasteiger partial charge in [0.2, 0.25) is 0 Å². The third-order valence-electron chi connectivity index (χ3n) is 3.86. The van der Waals surface area contributed by atoms with Gasteiger partial charge in [0, 0.05) is 5.56 Å². The fourth-order valence-corrected chi connectivity index (χ4v) is 2.58. The number of hydrazone groups is 1. The van der Waals surface area contributed by atoms with Gasteiger partial charge in [0.25, 0.3) is 5.91 Å². The second-order valence-electron chi connectivity index (χ2n) is 5.64. The van der Waals surface area contributed by atoms with Gasteiger partial charge in [-0.3, -0.25) is 4.79 Å². The number of amides is 1. The molecule has 0 bridgehead atoms. The predicted molar refractivity (Wildman–Crippen MR) is 98.2 cm³/mol. The number of ether oxygens (including phenoxy) is 1. The van der Waals surface area contributed by atoms with Gasteiger partial charge < -0.3 is 9.15 Å². The summed E-state index contributed by atoms with van der Waals surface area (Å²) >= 11 is 0. The summed E-state index contributed by atoms with van der Waals surface area (Å²) in [6.07, 6.45) is 4.02. The van der Waals surface area contributed by atoms with Gasteiger partial charge >= 0.3 is 0 Å². The van der Waals surface area contributed by atoms with E-state index in [4.69, 9.17) is 9.15 Å². The number of carbonyl (C=O) groups excluding carboxylic acids is 1. The van der Waals surface area contributed by atoms with Gasteiger partial charge in [-0.1, -0.05) is 37.3 Å². The van der Waals surface area contributed by atoms with E-state index in [9.17, 15) is 4.79 Å². The first-order valence-corrected chi connectivity index (χ1v) is 8.22. The minimum atomic E-state index is -0.307. The van der Waals surface area contributed by atoms with Crippen LogP contribution in [0.25, 0.3) is 10.8 Å². The molecule has 1 heterocycles. The molecule has 0 aliphatic carbocycles. The summed E-state index contributed by atoms with van der Waals surface area (Å²) in [6, 6.07) is 13.6. The second-order valence-corrected chi connectivity index (χ2v) is 5.64. The van der Waals surface area contributed by atoms with Crippen molar-refractivity contribution in [3.8, 4) is 5.75 Å². The molecule has 0 unspecified atom stereocenters. The van der Waals surface area contributed by atoms with Crippen LogP contribution in [0.3, 0.4) is 0 Å². The highest BCUT2D eigenvalue weighted by atomic mass is 16.5. The Balaban J connectivity index is 1.88. The van der Waals surface area contributed by atoms with E-state index in [1.54, 1.807) is 19.2 Å². The SMILES string of the molecule is CCCOc1ccc2ccccc2c1/C=N\NC(=O)c1ccoc1C. The van der Waals surface area contributed by atoms with Crippen LogP contribution in [0.1, 0.15) is 35.0 Å². The van der Waals surface area contributed by atoms with E-state index in [1.807, 2.05) is 36.4 Å². The van der Waals surface area contributed by atoms with E-state index < -0.39 is 0 Å². The number of fused-ring (bicyclic) bond motifs is 1. The number of hydrogen-bond donors (Lipinski definition) is 1. The molecule has 0 fully saturated rings. The molecule has 0 saturated heterocycles. The van der Waals surface area contributed by atoms with Crippen molar-refractivity contribution in [2.24, 2.45) is 5.10 Å². The third-order valence-corrected chi connectivity index (χ3v) is 3.86. The van der Waals surface area contributed by atoms with Crippen LogP contribution in [0, 0.1) is 6.92 Å². The molecule has 0 saturated carbocycles. The van der Waals surface area contributed by atoms with Gasteiger partial charge in [-0.05, 0) is 36.2 Å². The molecule has 0 aliphatic heterocycles. The lowest BCUT2D eigenvalue weighted by Crippen LogP contribution is -2.17. The number of rotatable bonds is 6. The van der Waals surface area contributed by atoms with Gasteiger partial charge in [0.1, 0.15) is 11.5 Å². The maximum Gasteiger partial charge on any atom is 0.274 e. The topological polar surface area (TPSA) is 63.8 Å². The zero-order valence-electron chi connectivity index (χ0n) is 14.3. The summed E-state index contributed by atoms with van der Waals surface area (Å²) in [4.78, 5) is 12.1. The van der Waals surface area contributed by atoms with Gasteiger partial charge in [0.15, 0.2) is 0 Å². The quantitative estimate of drug-likeness (QED) is 0.539. The molecular formula is C20H20N2O3. The minimum absolute atomic E-state index is 0.307. The van der Waals surface area contributed by atoms with Gasteiger partial charge in [-0.2, -0.15) is 5.10 Å². The molecule has 0 spiro atoms. The number of carbonyl (C=O) groups is 1. The summed E-state index contributed by atoms with van der Waals surface area (Å²) in [6.45, 7) is 4.42. The maximum atomic E-state index is 12.1. The zero-order valence-corrected chi connectivity index (χ0v) is 14.3. The van der Waals surface area contributed by atoms with Crippen molar-refractivity contribution in [2.75, 3.05) is 6.61 Å². The van der Waals surface area contributed by atoms with E-state index >= 15 is 0 Å². The van der Waals surface area contributed by atoms with Crippen molar-refractivity contribution in [1.82, 2.24) is 5.43 Å². The molecule has 1 N–H and O–H groups in total. The van der Waals surface area contributed by atoms with Crippen LogP contribution in [0.15, 0.2) is 58.2 Å². The summed E-state index contributed by atoms with van der Waals surface area (Å²) in [5.41, 5.74) is 3.85. The summed E-state index contributed by atoms with van der Waals surface area (Å²) in [7, 11) is 0. The molecule has 3 aromatic rings. The lowest BCUT2D eigenvalue weighted by Gasteiger charge is -2.11. The molecule has 5 nitrogen and oxygen atoms in total. The van der Waals surface area contributed by atoms with E-state index in [0.29, 0.717) is 17.9 Å². The lowest BCUT2D eigenvalue weighted by molar-refractivity contribution is 0.0953. The number of nitrogens with one attached hydrogen (secondary N) is 1. The Hall–Kier alpha value is -3.08. The number of hydrogen-bond acceptors (Lipinski definition) is 4. The molecule has 25 heavy (non-hydrogen) atoms. The average Bonchev–Trinajstić information content (AvgIpc) is 3.06. The summed E-state index contributed by atoms with van der Waals surface area (Å²) < 4.78 is 11.0. The standard InChI is InChI=1S/C20H20N2O3/c1-3-11-25-19-9-8-15-6-4-5-7-17(15)18(19)13-21-22-20(23)16-10-12-24-14(16)2/h4-10,12-13H,3,11H2,1-2H3,(H,22,23)/b21-13-. The zero-order chi connectivity index (χ0) is 17.6. The maximum absolute atomic E-state index is 12.1. The highest BCUT2D eigenvalue weighted by Gasteiger charge is 2.11. The normalized spacial score (nSPS) is 11.1. The Bertz CT molecular complexity index is 912. The van der Waals surface area contributed by atoms with E-state index in [0.717, 1.165) is 28.5 Å². The average molecular weight is 336 g/mol. The Morgan fingerprint density at radius 2 is 2.08 bits per heavy atom. The lowest BCUT2D eigenvalue weighted by atomic mass is 10.0. The highest BCUT2D eigenvalue weighted by Crippen LogP contribution is 2.26. The number of benzene rings is 2. The monoisotopic (exact) mass is 336 g/mol. The molecule has 5 heteroatoms. The molecule has 0 radical (unpaired) electrons. The number of furan rings is 1. The molecule has 1 aromatic heterocycles. The fraction of sp³-hybridized carbons (Fsp3) is 0.200. The third kappa shape index (κ3) is 3.71. The number of nitrogens with zero attached hydrogens (tertiary/aromatic N) is 1.